The van der Waals surface area contributed by atoms with Gasteiger partial charge in [0.2, 0.25) is 5.28 Å². The summed E-state index contributed by atoms with van der Waals surface area (Å²) in [6, 6.07) is 3.60. The van der Waals surface area contributed by atoms with E-state index in [1.165, 1.54) is 17.7 Å². The van der Waals surface area contributed by atoms with E-state index in [1.807, 2.05) is 19.9 Å². The molecule has 3 N–H and O–H groups in total. The maximum atomic E-state index is 12.7. The number of hydrogen-bond donors (Lipinski definition) is 3. The van der Waals surface area contributed by atoms with Crippen LogP contribution in [0.1, 0.15) is 41.5 Å². The molecule has 2 aliphatic rings. The normalized spacial score (nSPS) is 24.9. The van der Waals surface area contributed by atoms with Crippen LogP contribution in [0.25, 0.3) is 11.2 Å². The Balaban J connectivity index is 1.44. The molecule has 2 aliphatic heterocycles. The van der Waals surface area contributed by atoms with E-state index in [1.54, 1.807) is 24.5 Å². The average molecular weight is 522 g/mol. The van der Waals surface area contributed by atoms with Gasteiger partial charge in [0, 0.05) is 11.4 Å². The summed E-state index contributed by atoms with van der Waals surface area (Å²) in [5.41, 5.74) is 6.06. The molecule has 2 amide bonds. The van der Waals surface area contributed by atoms with Gasteiger partial charge in [-0.1, -0.05) is 0 Å². The lowest BCUT2D eigenvalue weighted by Crippen LogP contribution is -2.42. The molecule has 0 saturated carbocycles. The number of rotatable bonds is 6. The van der Waals surface area contributed by atoms with Gasteiger partial charge in [0.15, 0.2) is 35.1 Å². The van der Waals surface area contributed by atoms with Gasteiger partial charge in [-0.15, -0.1) is 11.3 Å². The Bertz CT molecular complexity index is 1290. The van der Waals surface area contributed by atoms with Crippen LogP contribution in [-0.4, -0.2) is 62.0 Å². The Morgan fingerprint density at radius 2 is 2.00 bits per heavy atom. The fourth-order valence-corrected chi connectivity index (χ4v) is 5.11. The maximum absolute atomic E-state index is 12.7. The SMILES string of the molecule is CCNC(=O)C1OC(n2cnc3c(NNC(=O)c4ccc(C)s4)nc(Cl)nc32)C2OC(C)(C)OC12. The maximum Gasteiger partial charge on any atom is 0.279 e. The van der Waals surface area contributed by atoms with Crippen LogP contribution in [0.2, 0.25) is 5.28 Å². The molecule has 0 aromatic carbocycles. The van der Waals surface area contributed by atoms with E-state index in [0.717, 1.165) is 4.88 Å². The van der Waals surface area contributed by atoms with Gasteiger partial charge in [0.25, 0.3) is 11.8 Å². The smallest absolute Gasteiger partial charge is 0.279 e. The van der Waals surface area contributed by atoms with Gasteiger partial charge < -0.3 is 19.5 Å². The number of halogens is 1. The third-order valence-corrected chi connectivity index (χ3v) is 6.73. The first-order chi connectivity index (χ1) is 16.7. The number of ether oxygens (including phenoxy) is 3. The van der Waals surface area contributed by atoms with Crippen LogP contribution in [0.15, 0.2) is 18.5 Å². The van der Waals surface area contributed by atoms with E-state index in [9.17, 15) is 9.59 Å². The number of hydrazine groups is 1. The summed E-state index contributed by atoms with van der Waals surface area (Å²) in [4.78, 5) is 39.6. The van der Waals surface area contributed by atoms with Crippen LogP contribution in [0.3, 0.4) is 0 Å². The molecule has 14 heteroatoms. The molecule has 3 aromatic rings. The number of aryl methyl sites for hydroxylation is 1. The molecule has 4 unspecified atom stereocenters. The molecule has 0 radical (unpaired) electrons. The Morgan fingerprint density at radius 3 is 2.71 bits per heavy atom. The number of anilines is 1. The second kappa shape index (κ2) is 8.99. The molecule has 2 saturated heterocycles. The first-order valence-corrected chi connectivity index (χ1v) is 12.2. The van der Waals surface area contributed by atoms with Crippen molar-refractivity contribution >= 4 is 51.7 Å². The Kier molecular flexibility index (Phi) is 6.13. The average Bonchev–Trinajstić information content (AvgIpc) is 3.54. The largest absolute Gasteiger partial charge is 0.354 e. The highest BCUT2D eigenvalue weighted by molar-refractivity contribution is 7.13. The van der Waals surface area contributed by atoms with Gasteiger partial charge >= 0.3 is 0 Å². The van der Waals surface area contributed by atoms with Crippen molar-refractivity contribution in [3.05, 3.63) is 33.5 Å². The first kappa shape index (κ1) is 23.9. The second-order valence-electron chi connectivity index (χ2n) is 8.56. The minimum Gasteiger partial charge on any atom is -0.354 e. The number of imidazole rings is 1. The van der Waals surface area contributed by atoms with Crippen molar-refractivity contribution in [3.8, 4) is 0 Å². The standard InChI is InChI=1S/C21H24ClN7O5S/c1-5-23-18(31)13-12-14(34-21(3,4)33-12)19(32-13)29-8-24-11-15(25-20(22)26-16(11)29)27-28-17(30)10-7-6-9(2)35-10/h6-8,12-14,19H,5H2,1-4H3,(H,23,31)(H,28,30)(H,25,26,27). The van der Waals surface area contributed by atoms with Gasteiger partial charge in [0.05, 0.1) is 11.2 Å². The van der Waals surface area contributed by atoms with Crippen LogP contribution in [-0.2, 0) is 19.0 Å². The number of fused-ring (bicyclic) bond motifs is 2. The van der Waals surface area contributed by atoms with Crippen molar-refractivity contribution < 1.29 is 23.8 Å². The Morgan fingerprint density at radius 1 is 1.23 bits per heavy atom. The van der Waals surface area contributed by atoms with E-state index < -0.39 is 30.3 Å². The second-order valence-corrected chi connectivity index (χ2v) is 10.2. The Labute approximate surface area is 209 Å². The lowest BCUT2D eigenvalue weighted by Gasteiger charge is -2.24. The molecule has 0 aliphatic carbocycles. The predicted octanol–water partition coefficient (Wildman–Crippen LogP) is 2.16. The molecule has 3 aromatic heterocycles. The molecule has 2 fully saturated rings. The van der Waals surface area contributed by atoms with Crippen molar-refractivity contribution in [2.24, 2.45) is 0 Å². The first-order valence-electron chi connectivity index (χ1n) is 11.0. The number of carbonyl (C=O) groups excluding carboxylic acids is 2. The third kappa shape index (κ3) is 4.45. The number of carbonyl (C=O) groups is 2. The highest BCUT2D eigenvalue weighted by atomic mass is 35.5. The molecule has 35 heavy (non-hydrogen) atoms. The van der Waals surface area contributed by atoms with E-state index in [-0.39, 0.29) is 22.9 Å². The molecular weight excluding hydrogens is 498 g/mol. The van der Waals surface area contributed by atoms with Gasteiger partial charge in [-0.3, -0.25) is 25.0 Å². The number of thiophene rings is 1. The molecule has 186 valence electrons. The lowest BCUT2D eigenvalue weighted by molar-refractivity contribution is -0.197. The fraction of sp³-hybridized carbons (Fsp3) is 0.476. The summed E-state index contributed by atoms with van der Waals surface area (Å²) >= 11 is 7.56. The zero-order valence-electron chi connectivity index (χ0n) is 19.4. The van der Waals surface area contributed by atoms with Crippen LogP contribution in [0.5, 0.6) is 0 Å². The van der Waals surface area contributed by atoms with Crippen molar-refractivity contribution in [1.82, 2.24) is 30.3 Å². The van der Waals surface area contributed by atoms with Crippen LogP contribution in [0, 0.1) is 6.92 Å². The minimum absolute atomic E-state index is 0.0679. The van der Waals surface area contributed by atoms with Crippen molar-refractivity contribution in [1.29, 1.82) is 0 Å². The molecule has 4 atom stereocenters. The van der Waals surface area contributed by atoms with Gasteiger partial charge in [0.1, 0.15) is 12.2 Å². The van der Waals surface area contributed by atoms with Gasteiger partial charge in [-0.05, 0) is 51.4 Å². The van der Waals surface area contributed by atoms with Gasteiger partial charge in [-0.25, -0.2) is 4.98 Å². The third-order valence-electron chi connectivity index (χ3n) is 5.57. The van der Waals surface area contributed by atoms with E-state index >= 15 is 0 Å². The number of nitrogens with one attached hydrogen (secondary N) is 3. The van der Waals surface area contributed by atoms with E-state index in [0.29, 0.717) is 22.6 Å². The number of likely N-dealkylation sites (N-methyl/N-ethyl adjacent to an activating group) is 1. The number of hydrogen-bond acceptors (Lipinski definition) is 10. The zero-order chi connectivity index (χ0) is 24.9. The van der Waals surface area contributed by atoms with Crippen molar-refractivity contribution in [2.75, 3.05) is 12.0 Å². The monoisotopic (exact) mass is 521 g/mol. The van der Waals surface area contributed by atoms with Crippen molar-refractivity contribution in [3.63, 3.8) is 0 Å². The number of nitrogens with zero attached hydrogens (tertiary/aromatic N) is 4. The Hall–Kier alpha value is -2.84. The molecular formula is C21H24ClN7O5S. The lowest BCUT2D eigenvalue weighted by atomic mass is 10.1. The molecule has 0 bridgehead atoms. The van der Waals surface area contributed by atoms with Crippen LogP contribution < -0.4 is 16.2 Å². The molecule has 12 nitrogen and oxygen atoms in total. The summed E-state index contributed by atoms with van der Waals surface area (Å²) in [6.07, 6.45) is -1.36. The quantitative estimate of drug-likeness (QED) is 0.328. The van der Waals surface area contributed by atoms with Crippen LogP contribution in [0.4, 0.5) is 5.82 Å². The minimum atomic E-state index is -0.901. The highest BCUT2D eigenvalue weighted by Crippen LogP contribution is 2.44. The number of aromatic nitrogens is 4. The summed E-state index contributed by atoms with van der Waals surface area (Å²) < 4.78 is 19.8. The predicted molar refractivity (Wildman–Crippen MR) is 127 cm³/mol. The summed E-state index contributed by atoms with van der Waals surface area (Å²) in [5.74, 6) is -1.31. The van der Waals surface area contributed by atoms with E-state index in [2.05, 4.69) is 31.1 Å². The number of amides is 2. The fourth-order valence-electron chi connectivity index (χ4n) is 4.18. The molecule has 0 spiro atoms. The molecule has 5 rings (SSSR count). The van der Waals surface area contributed by atoms with Crippen molar-refractivity contribution in [2.45, 2.75) is 58.0 Å². The zero-order valence-corrected chi connectivity index (χ0v) is 20.9. The van der Waals surface area contributed by atoms with Crippen LogP contribution >= 0.6 is 22.9 Å². The highest BCUT2D eigenvalue weighted by Gasteiger charge is 2.58. The molecule has 5 heterocycles. The summed E-state index contributed by atoms with van der Waals surface area (Å²) in [7, 11) is 0. The van der Waals surface area contributed by atoms with Gasteiger partial charge in [-0.2, -0.15) is 9.97 Å². The summed E-state index contributed by atoms with van der Waals surface area (Å²) in [5, 5.41) is 2.70. The summed E-state index contributed by atoms with van der Waals surface area (Å²) in [6.45, 7) is 7.76. The van der Waals surface area contributed by atoms with E-state index in [4.69, 9.17) is 25.8 Å². The topological polar surface area (TPSA) is 142 Å².